The van der Waals surface area contributed by atoms with Crippen LogP contribution < -0.4 is 5.32 Å². The third-order valence-corrected chi connectivity index (χ3v) is 3.09. The molecule has 1 aromatic rings. The molecule has 8 nitrogen and oxygen atoms in total. The Morgan fingerprint density at radius 2 is 1.86 bits per heavy atom. The molecule has 0 radical (unpaired) electrons. The van der Waals surface area contributed by atoms with Gasteiger partial charge >= 0.3 is 11.9 Å². The molecule has 0 aromatic heterocycles. The normalized spacial score (nSPS) is 12.3. The summed E-state index contributed by atoms with van der Waals surface area (Å²) in [5.74, 6) is -2.08. The van der Waals surface area contributed by atoms with E-state index in [1.807, 2.05) is 0 Å². The zero-order valence-electron chi connectivity index (χ0n) is 12.0. The van der Waals surface area contributed by atoms with E-state index in [1.165, 1.54) is 11.0 Å². The van der Waals surface area contributed by atoms with Crippen LogP contribution in [0.1, 0.15) is 5.56 Å². The van der Waals surface area contributed by atoms with Crippen molar-refractivity contribution in [2.45, 2.75) is 12.6 Å². The molecule has 1 aromatic carbocycles. The first-order valence-electron chi connectivity index (χ1n) is 6.70. The van der Waals surface area contributed by atoms with Crippen molar-refractivity contribution in [3.63, 3.8) is 0 Å². The summed E-state index contributed by atoms with van der Waals surface area (Å²) in [4.78, 5) is 22.9. The van der Waals surface area contributed by atoms with Crippen LogP contribution in [-0.2, 0) is 16.1 Å². The average molecular weight is 312 g/mol. The lowest BCUT2D eigenvalue weighted by Gasteiger charge is -2.29. The summed E-state index contributed by atoms with van der Waals surface area (Å²) in [6.45, 7) is -0.724. The lowest BCUT2D eigenvalue weighted by Crippen LogP contribution is -2.47. The Labute approximate surface area is 127 Å². The number of aliphatic hydroxyl groups excluding tert-OH is 1. The summed E-state index contributed by atoms with van der Waals surface area (Å²) in [5, 5.41) is 39.4. The lowest BCUT2D eigenvalue weighted by atomic mass is 10.1. The van der Waals surface area contributed by atoms with E-state index >= 15 is 0 Å². The third-order valence-electron chi connectivity index (χ3n) is 3.09. The van der Waals surface area contributed by atoms with Crippen molar-refractivity contribution in [3.8, 4) is 5.75 Å². The molecule has 0 aliphatic carbocycles. The number of aliphatic carboxylic acids is 2. The van der Waals surface area contributed by atoms with Gasteiger partial charge in [0.1, 0.15) is 5.75 Å². The standard InChI is InChI=1S/C14H20N2O6/c17-9-11(5-15-6-13(19)20)16(8-14(21)22)7-10-3-1-2-4-12(10)18/h1-4,11,15,17-18H,5-9H2,(H,19,20)(H,21,22). The fraction of sp³-hybridized carbons (Fsp3) is 0.429. The van der Waals surface area contributed by atoms with Crippen LogP contribution in [0.15, 0.2) is 24.3 Å². The van der Waals surface area contributed by atoms with Gasteiger partial charge in [0.2, 0.25) is 0 Å². The monoisotopic (exact) mass is 312 g/mol. The fourth-order valence-electron chi connectivity index (χ4n) is 2.01. The van der Waals surface area contributed by atoms with Gasteiger partial charge < -0.3 is 25.7 Å². The molecule has 0 fully saturated rings. The first-order chi connectivity index (χ1) is 10.4. The van der Waals surface area contributed by atoms with Crippen molar-refractivity contribution < 1.29 is 30.0 Å². The largest absolute Gasteiger partial charge is 0.508 e. The van der Waals surface area contributed by atoms with Gasteiger partial charge in [0.05, 0.1) is 19.7 Å². The highest BCUT2D eigenvalue weighted by Crippen LogP contribution is 2.18. The summed E-state index contributed by atoms with van der Waals surface area (Å²) in [7, 11) is 0. The third kappa shape index (κ3) is 6.08. The number of hydrogen-bond acceptors (Lipinski definition) is 6. The molecular weight excluding hydrogens is 292 g/mol. The van der Waals surface area contributed by atoms with Crippen LogP contribution in [0, 0.1) is 0 Å². The maximum Gasteiger partial charge on any atom is 0.317 e. The van der Waals surface area contributed by atoms with Crippen molar-refractivity contribution >= 4 is 11.9 Å². The number of phenolic OH excluding ortho intramolecular Hbond substituents is 1. The second-order valence-corrected chi connectivity index (χ2v) is 4.79. The number of carbonyl (C=O) groups is 2. The summed E-state index contributed by atoms with van der Waals surface area (Å²) in [6.07, 6.45) is 0. The van der Waals surface area contributed by atoms with Gasteiger partial charge in [-0.25, -0.2) is 0 Å². The van der Waals surface area contributed by atoms with Gasteiger partial charge in [-0.1, -0.05) is 18.2 Å². The number of para-hydroxylation sites is 1. The van der Waals surface area contributed by atoms with E-state index in [0.29, 0.717) is 5.56 Å². The van der Waals surface area contributed by atoms with Gasteiger partial charge in [0, 0.05) is 24.7 Å². The number of carboxylic acids is 2. The van der Waals surface area contributed by atoms with Crippen LogP contribution in [0.4, 0.5) is 0 Å². The summed E-state index contributed by atoms with van der Waals surface area (Å²) in [5.41, 5.74) is 0.528. The van der Waals surface area contributed by atoms with E-state index < -0.39 is 18.0 Å². The van der Waals surface area contributed by atoms with Crippen LogP contribution in [0.3, 0.4) is 0 Å². The van der Waals surface area contributed by atoms with E-state index in [4.69, 9.17) is 10.2 Å². The number of nitrogens with zero attached hydrogens (tertiary/aromatic N) is 1. The minimum absolute atomic E-state index is 0.0353. The topological polar surface area (TPSA) is 130 Å². The molecule has 0 aliphatic rings. The van der Waals surface area contributed by atoms with Crippen LogP contribution in [-0.4, -0.2) is 69.5 Å². The van der Waals surface area contributed by atoms with Crippen LogP contribution in [0.25, 0.3) is 0 Å². The van der Waals surface area contributed by atoms with Gasteiger partial charge in [0.15, 0.2) is 0 Å². The Kier molecular flexibility index (Phi) is 7.30. The highest BCUT2D eigenvalue weighted by Gasteiger charge is 2.21. The number of aromatic hydroxyl groups is 1. The number of nitrogens with one attached hydrogen (secondary N) is 1. The van der Waals surface area contributed by atoms with Gasteiger partial charge in [0.25, 0.3) is 0 Å². The summed E-state index contributed by atoms with van der Waals surface area (Å²) >= 11 is 0. The molecule has 8 heteroatoms. The van der Waals surface area contributed by atoms with E-state index in [-0.39, 0.29) is 38.5 Å². The summed E-state index contributed by atoms with van der Waals surface area (Å²) < 4.78 is 0. The second-order valence-electron chi connectivity index (χ2n) is 4.79. The molecule has 0 saturated carbocycles. The summed E-state index contributed by atoms with van der Waals surface area (Å²) in [6, 6.07) is 5.92. The molecule has 22 heavy (non-hydrogen) atoms. The van der Waals surface area contributed by atoms with Crippen LogP contribution >= 0.6 is 0 Å². The average Bonchev–Trinajstić information content (AvgIpc) is 2.44. The molecule has 5 N–H and O–H groups in total. The quantitative estimate of drug-likeness (QED) is 0.384. The Hall–Kier alpha value is -2.16. The van der Waals surface area contributed by atoms with E-state index in [9.17, 15) is 19.8 Å². The molecule has 0 heterocycles. The maximum atomic E-state index is 11.0. The minimum atomic E-state index is -1.08. The van der Waals surface area contributed by atoms with E-state index in [1.54, 1.807) is 18.2 Å². The molecule has 0 spiro atoms. The molecular formula is C14H20N2O6. The van der Waals surface area contributed by atoms with Gasteiger partial charge in [-0.15, -0.1) is 0 Å². The number of phenols is 1. The fourth-order valence-corrected chi connectivity index (χ4v) is 2.01. The van der Waals surface area contributed by atoms with Crippen molar-refractivity contribution in [3.05, 3.63) is 29.8 Å². The molecule has 1 rings (SSSR count). The molecule has 122 valence electrons. The van der Waals surface area contributed by atoms with E-state index in [0.717, 1.165) is 0 Å². The highest BCUT2D eigenvalue weighted by atomic mass is 16.4. The Morgan fingerprint density at radius 1 is 1.18 bits per heavy atom. The lowest BCUT2D eigenvalue weighted by molar-refractivity contribution is -0.140. The van der Waals surface area contributed by atoms with Crippen LogP contribution in [0.2, 0.25) is 0 Å². The first-order valence-corrected chi connectivity index (χ1v) is 6.70. The number of aliphatic hydroxyl groups is 1. The Balaban J connectivity index is 2.78. The first kappa shape index (κ1) is 17.9. The van der Waals surface area contributed by atoms with Gasteiger partial charge in [-0.3, -0.25) is 14.5 Å². The Bertz CT molecular complexity index is 508. The number of rotatable bonds is 10. The van der Waals surface area contributed by atoms with Crippen molar-refractivity contribution in [2.75, 3.05) is 26.2 Å². The predicted molar refractivity (Wildman–Crippen MR) is 77.5 cm³/mol. The predicted octanol–water partition coefficient (Wildman–Crippen LogP) is -0.686. The van der Waals surface area contributed by atoms with E-state index in [2.05, 4.69) is 5.32 Å². The number of hydrogen-bond donors (Lipinski definition) is 5. The smallest absolute Gasteiger partial charge is 0.317 e. The van der Waals surface area contributed by atoms with Crippen LogP contribution in [0.5, 0.6) is 5.75 Å². The van der Waals surface area contributed by atoms with Crippen molar-refractivity contribution in [1.29, 1.82) is 0 Å². The zero-order chi connectivity index (χ0) is 16.5. The maximum absolute atomic E-state index is 11.0. The number of benzene rings is 1. The highest BCUT2D eigenvalue weighted by molar-refractivity contribution is 5.69. The second kappa shape index (κ2) is 8.98. The Morgan fingerprint density at radius 3 is 2.41 bits per heavy atom. The van der Waals surface area contributed by atoms with Crippen molar-refractivity contribution in [2.24, 2.45) is 0 Å². The molecule has 0 aliphatic heterocycles. The van der Waals surface area contributed by atoms with Crippen molar-refractivity contribution in [1.82, 2.24) is 10.2 Å². The molecule has 1 atom stereocenters. The molecule has 0 saturated heterocycles. The molecule has 0 amide bonds. The van der Waals surface area contributed by atoms with Gasteiger partial charge in [-0.05, 0) is 6.07 Å². The minimum Gasteiger partial charge on any atom is -0.508 e. The molecule has 0 bridgehead atoms. The number of carboxylic acid groups (broad SMARTS) is 2. The molecule has 1 unspecified atom stereocenters. The van der Waals surface area contributed by atoms with Gasteiger partial charge in [-0.2, -0.15) is 0 Å². The zero-order valence-corrected chi connectivity index (χ0v) is 12.0. The SMILES string of the molecule is O=C(O)CNCC(CO)N(CC(=O)O)Cc1ccccc1O.